The third-order valence-electron chi connectivity index (χ3n) is 22.9. The molecule has 22 rings (SSSR count). The van der Waals surface area contributed by atoms with Gasteiger partial charge in [-0.1, -0.05) is 382 Å². The zero-order valence-electron chi connectivity index (χ0n) is 65.4. The number of pyridine rings is 2. The van der Waals surface area contributed by atoms with Crippen LogP contribution in [0.1, 0.15) is 0 Å². The van der Waals surface area contributed by atoms with Gasteiger partial charge in [0.05, 0.1) is 45.2 Å². The predicted octanol–water partition coefficient (Wildman–Crippen LogP) is 30.0. The van der Waals surface area contributed by atoms with Crippen LogP contribution in [0.4, 0.5) is 0 Å². The lowest BCUT2D eigenvalue weighted by Crippen LogP contribution is -1.97. The van der Waals surface area contributed by atoms with E-state index < -0.39 is 0 Å². The zero-order chi connectivity index (χ0) is 79.7. The highest BCUT2D eigenvalue weighted by Gasteiger charge is 2.21. The van der Waals surface area contributed by atoms with E-state index in [1.165, 1.54) is 38.1 Å². The first-order valence-electron chi connectivity index (χ1n) is 40.7. The topological polar surface area (TPSA) is 77.3 Å². The fraction of sp³-hybridized carbons (Fsp3) is 0. The molecule has 6 nitrogen and oxygen atoms in total. The molecule has 4 aromatic heterocycles. The third-order valence-corrected chi connectivity index (χ3v) is 22.9. The monoisotopic (exact) mass is 1530 g/mol. The second-order valence-corrected chi connectivity index (χ2v) is 30.4. The summed E-state index contributed by atoms with van der Waals surface area (Å²) in [5, 5.41) is 11.8. The molecular formula is C114H74N6. The lowest BCUT2D eigenvalue weighted by Gasteiger charge is -2.15. The van der Waals surface area contributed by atoms with Crippen molar-refractivity contribution in [3.8, 4) is 157 Å². The number of benzene rings is 18. The highest BCUT2D eigenvalue weighted by atomic mass is 14.9. The van der Waals surface area contributed by atoms with Gasteiger partial charge in [-0.15, -0.1) is 0 Å². The van der Waals surface area contributed by atoms with Crippen molar-refractivity contribution >= 4 is 64.9 Å². The van der Waals surface area contributed by atoms with Crippen molar-refractivity contribution in [2.75, 3.05) is 0 Å². The molecule has 0 saturated carbocycles. The maximum atomic E-state index is 5.24. The van der Waals surface area contributed by atoms with E-state index in [4.69, 9.17) is 29.9 Å². The largest absolute Gasteiger partial charge is 0.247 e. The van der Waals surface area contributed by atoms with E-state index in [0.29, 0.717) is 11.6 Å². The Morgan fingerprint density at radius 3 is 0.867 bits per heavy atom. The summed E-state index contributed by atoms with van der Waals surface area (Å²) < 4.78 is 0. The Balaban J connectivity index is 0.000000149. The lowest BCUT2D eigenvalue weighted by molar-refractivity contribution is 1.18. The number of hydrogen-bond acceptors (Lipinski definition) is 6. The first-order valence-corrected chi connectivity index (χ1v) is 40.7. The highest BCUT2D eigenvalue weighted by Crippen LogP contribution is 2.44. The molecule has 22 aromatic rings. The van der Waals surface area contributed by atoms with Crippen molar-refractivity contribution in [3.05, 3.63) is 449 Å². The molecule has 18 aromatic carbocycles. The summed E-state index contributed by atoms with van der Waals surface area (Å²) in [6.07, 6.45) is 0. The number of hydrogen-bond donors (Lipinski definition) is 0. The smallest absolute Gasteiger partial charge is 0.160 e. The maximum Gasteiger partial charge on any atom is 0.160 e. The van der Waals surface area contributed by atoms with E-state index in [1.54, 1.807) is 0 Å². The highest BCUT2D eigenvalue weighted by molar-refractivity contribution is 6.18. The fourth-order valence-electron chi connectivity index (χ4n) is 16.9. The summed E-state index contributed by atoms with van der Waals surface area (Å²) in [6, 6.07) is 159. The average molecular weight is 1530 g/mol. The molecule has 0 unspecified atom stereocenters. The number of nitrogens with zero attached hydrogens (tertiary/aromatic N) is 6. The van der Waals surface area contributed by atoms with Crippen molar-refractivity contribution in [2.45, 2.75) is 0 Å². The molecule has 4 heterocycles. The van der Waals surface area contributed by atoms with E-state index in [1.807, 2.05) is 18.2 Å². The summed E-state index contributed by atoms with van der Waals surface area (Å²) in [6.45, 7) is 0. The Kier molecular flexibility index (Phi) is 18.9. The number of para-hydroxylation sites is 2. The quantitative estimate of drug-likeness (QED) is 0.101. The SMILES string of the molecule is c1ccc(-c2cc(-c3ccccc3)cc(-c3cc(-c4cccc(-c5ccc(-c6cccc7c(-c8ccccc8)nc8ccccc8c67)cc5)c4)nc(-c4ccccc4)n3)c2)cc1.c1ccc(-c2nc3ccccc3c3c(-c4ccc(-c5cccc(-c6cc(-c7ccc8ccccc8c7)nc(-c7ccc8ccccc8c7)n6)c5)cc4)cccc23)cc1. The lowest BCUT2D eigenvalue weighted by atomic mass is 9.92. The van der Waals surface area contributed by atoms with E-state index >= 15 is 0 Å². The Hall–Kier alpha value is -16.0. The molecule has 0 aliphatic rings. The standard InChI is InChI=1S/C59H39N3.C55H35N3/c1-5-17-40(18-6-1)48-36-49(41-19-7-2-8-20-41)38-50(37-48)56-39-55(61-59(62-56)45-23-11-4-12-24-45)47-26-15-25-46(35-47)42-31-33-43(34-32-42)51-28-16-29-53-57(51)52-27-13-14-30-54(52)60-58(53)44-21-9-3-10-22-44;1-2-14-40(15-3-1)54-49-22-11-21-47(53(49)48-20-8-9-23-50(48)56-54)39-28-24-38(25-29-39)43-18-10-19-44(32-43)51-35-52(45-30-26-36-12-4-6-16-41(36)33-45)58-55(57-51)46-31-27-37-13-5-7-17-42(37)34-46/h1-39H;1-35H. The van der Waals surface area contributed by atoms with Gasteiger partial charge >= 0.3 is 0 Å². The van der Waals surface area contributed by atoms with Crippen LogP contribution in [-0.4, -0.2) is 29.9 Å². The molecule has 0 atom stereocenters. The molecule has 0 radical (unpaired) electrons. The summed E-state index contributed by atoms with van der Waals surface area (Å²) >= 11 is 0. The molecule has 0 amide bonds. The van der Waals surface area contributed by atoms with Crippen LogP contribution in [0.5, 0.6) is 0 Å². The van der Waals surface area contributed by atoms with E-state index in [-0.39, 0.29) is 0 Å². The van der Waals surface area contributed by atoms with Gasteiger partial charge in [0.25, 0.3) is 0 Å². The van der Waals surface area contributed by atoms with Crippen LogP contribution in [0.3, 0.4) is 0 Å². The van der Waals surface area contributed by atoms with Gasteiger partial charge in [0.1, 0.15) is 0 Å². The van der Waals surface area contributed by atoms with Crippen LogP contribution in [0.15, 0.2) is 449 Å². The Morgan fingerprint density at radius 1 is 0.133 bits per heavy atom. The molecule has 0 fully saturated rings. The van der Waals surface area contributed by atoms with Gasteiger partial charge in [-0.05, 0) is 155 Å². The molecule has 0 saturated heterocycles. The second kappa shape index (κ2) is 31.6. The van der Waals surface area contributed by atoms with Crippen LogP contribution >= 0.6 is 0 Å². The minimum absolute atomic E-state index is 0.687. The number of aromatic nitrogens is 6. The molecule has 0 aliphatic carbocycles. The molecule has 560 valence electrons. The van der Waals surface area contributed by atoms with E-state index in [0.717, 1.165) is 172 Å². The average Bonchev–Trinajstić information content (AvgIpc) is 0.752. The maximum absolute atomic E-state index is 5.24. The third kappa shape index (κ3) is 14.3. The number of fused-ring (bicyclic) bond motifs is 8. The molecule has 0 spiro atoms. The van der Waals surface area contributed by atoms with E-state index in [9.17, 15) is 0 Å². The first kappa shape index (κ1) is 71.7. The summed E-state index contributed by atoms with van der Waals surface area (Å²) in [7, 11) is 0. The summed E-state index contributed by atoms with van der Waals surface area (Å²) in [5.74, 6) is 1.39. The minimum Gasteiger partial charge on any atom is -0.247 e. The van der Waals surface area contributed by atoms with E-state index in [2.05, 4.69) is 431 Å². The fourth-order valence-corrected chi connectivity index (χ4v) is 16.9. The van der Waals surface area contributed by atoms with Gasteiger partial charge in [0.15, 0.2) is 11.6 Å². The molecule has 120 heavy (non-hydrogen) atoms. The molecule has 6 heteroatoms. The number of rotatable bonds is 14. The van der Waals surface area contributed by atoms with Crippen molar-refractivity contribution < 1.29 is 0 Å². The van der Waals surface area contributed by atoms with Crippen LogP contribution in [0.2, 0.25) is 0 Å². The molecule has 0 aliphatic heterocycles. The van der Waals surface area contributed by atoms with Crippen molar-refractivity contribution in [2.24, 2.45) is 0 Å². The molecule has 0 bridgehead atoms. The summed E-state index contributed by atoms with van der Waals surface area (Å²) in [4.78, 5) is 31.2. The minimum atomic E-state index is 0.687. The van der Waals surface area contributed by atoms with Gasteiger partial charge in [-0.2, -0.15) is 0 Å². The van der Waals surface area contributed by atoms with Crippen molar-refractivity contribution in [3.63, 3.8) is 0 Å². The Labute approximate surface area is 696 Å². The van der Waals surface area contributed by atoms with Crippen LogP contribution in [0.25, 0.3) is 222 Å². The van der Waals surface area contributed by atoms with Gasteiger partial charge in [-0.3, -0.25) is 0 Å². The van der Waals surface area contributed by atoms with Gasteiger partial charge < -0.3 is 0 Å². The molecule has 0 N–H and O–H groups in total. The van der Waals surface area contributed by atoms with Crippen LogP contribution < -0.4 is 0 Å². The van der Waals surface area contributed by atoms with Gasteiger partial charge in [0, 0.05) is 76.8 Å². The van der Waals surface area contributed by atoms with Gasteiger partial charge in [0.2, 0.25) is 0 Å². The summed E-state index contributed by atoms with van der Waals surface area (Å²) in [5.41, 5.74) is 29.6. The Morgan fingerprint density at radius 2 is 0.417 bits per heavy atom. The van der Waals surface area contributed by atoms with Crippen LogP contribution in [0, 0.1) is 0 Å². The van der Waals surface area contributed by atoms with Crippen LogP contribution in [-0.2, 0) is 0 Å². The van der Waals surface area contributed by atoms with Gasteiger partial charge in [-0.25, -0.2) is 29.9 Å². The normalized spacial score (nSPS) is 11.3. The molecular weight excluding hydrogens is 1450 g/mol. The predicted molar refractivity (Wildman–Crippen MR) is 501 cm³/mol. The van der Waals surface area contributed by atoms with Crippen molar-refractivity contribution in [1.82, 2.24) is 29.9 Å². The Bertz CT molecular complexity index is 7450. The second-order valence-electron chi connectivity index (χ2n) is 30.4. The zero-order valence-corrected chi connectivity index (χ0v) is 65.4. The van der Waals surface area contributed by atoms with Crippen molar-refractivity contribution in [1.29, 1.82) is 0 Å². The first-order chi connectivity index (χ1) is 59.4.